The maximum Gasteiger partial charge on any atom is 0.305 e. The number of esters is 1. The van der Waals surface area contributed by atoms with Gasteiger partial charge in [-0.25, -0.2) is 0 Å². The van der Waals surface area contributed by atoms with Crippen molar-refractivity contribution < 1.29 is 24.5 Å². The summed E-state index contributed by atoms with van der Waals surface area (Å²) in [7, 11) is 0. The Hall–Kier alpha value is -1.92. The number of unbranched alkanes of at least 4 members (excludes halogenated alkanes) is 46. The Morgan fingerprint density at radius 1 is 0.373 bits per heavy atom. The molecule has 0 aliphatic heterocycles. The van der Waals surface area contributed by atoms with Crippen molar-refractivity contribution in [3.05, 3.63) is 36.5 Å². The molecule has 0 aliphatic carbocycles. The minimum absolute atomic E-state index is 0.00552. The van der Waals surface area contributed by atoms with E-state index in [1.54, 1.807) is 0 Å². The van der Waals surface area contributed by atoms with Gasteiger partial charge in [0.2, 0.25) is 5.91 Å². The number of carbonyl (C=O) groups excluding carboxylic acids is 2. The summed E-state index contributed by atoms with van der Waals surface area (Å²) in [6, 6.07) is -0.536. The number of nitrogens with one attached hydrogen (secondary N) is 1. The molecule has 2 unspecified atom stereocenters. The summed E-state index contributed by atoms with van der Waals surface area (Å²) in [5.74, 6) is -0.0271. The van der Waals surface area contributed by atoms with Crippen LogP contribution in [0.15, 0.2) is 36.5 Å². The molecule has 0 saturated heterocycles. The molecule has 6 heteroatoms. The van der Waals surface area contributed by atoms with Crippen LogP contribution < -0.4 is 5.32 Å². The SMILES string of the molecule is CCCC/C=C\C/C=C\CCCCCCCC(=O)OCCCCCCCCCCCCCCCC/C=C\CCCCCCCCCCCCCCCCCCCC(=O)NC(CO)C(O)CCCCCCCCCCC. The van der Waals surface area contributed by atoms with Crippen LogP contribution in [0, 0.1) is 0 Å². The number of ether oxygens (including phenoxy) is 1. The highest BCUT2D eigenvalue weighted by Gasteiger charge is 2.20. The lowest BCUT2D eigenvalue weighted by Crippen LogP contribution is -2.45. The van der Waals surface area contributed by atoms with E-state index in [0.717, 1.165) is 51.4 Å². The third kappa shape index (κ3) is 61.2. The second-order valence-corrected chi connectivity index (χ2v) is 23.1. The molecule has 0 spiro atoms. The number of amides is 1. The molecular formula is C69H131NO5. The van der Waals surface area contributed by atoms with Crippen LogP contribution in [0.5, 0.6) is 0 Å². The summed E-state index contributed by atoms with van der Waals surface area (Å²) in [4.78, 5) is 24.5. The molecule has 0 rings (SSSR count). The van der Waals surface area contributed by atoms with E-state index in [2.05, 4.69) is 55.6 Å². The third-order valence-electron chi connectivity index (χ3n) is 15.7. The summed E-state index contributed by atoms with van der Waals surface area (Å²) in [5, 5.41) is 23.1. The van der Waals surface area contributed by atoms with E-state index in [9.17, 15) is 19.8 Å². The highest BCUT2D eigenvalue weighted by Crippen LogP contribution is 2.18. The molecule has 0 aromatic carbocycles. The number of hydrogen-bond acceptors (Lipinski definition) is 5. The van der Waals surface area contributed by atoms with Gasteiger partial charge in [0.1, 0.15) is 0 Å². The summed E-state index contributed by atoms with van der Waals surface area (Å²) < 4.78 is 5.48. The lowest BCUT2D eigenvalue weighted by Gasteiger charge is -2.22. The Morgan fingerprint density at radius 3 is 1.07 bits per heavy atom. The van der Waals surface area contributed by atoms with Gasteiger partial charge in [0.15, 0.2) is 0 Å². The van der Waals surface area contributed by atoms with Crippen molar-refractivity contribution in [3.63, 3.8) is 0 Å². The zero-order valence-corrected chi connectivity index (χ0v) is 50.5. The minimum atomic E-state index is -0.659. The molecule has 0 heterocycles. The first-order valence-corrected chi connectivity index (χ1v) is 33.7. The molecule has 0 bridgehead atoms. The Labute approximate surface area is 468 Å². The number of carbonyl (C=O) groups is 2. The van der Waals surface area contributed by atoms with E-state index in [1.807, 2.05) is 0 Å². The fourth-order valence-corrected chi connectivity index (χ4v) is 10.5. The summed E-state index contributed by atoms with van der Waals surface area (Å²) in [6.45, 7) is 4.90. The highest BCUT2D eigenvalue weighted by molar-refractivity contribution is 5.76. The third-order valence-corrected chi connectivity index (χ3v) is 15.7. The molecule has 2 atom stereocenters. The molecule has 3 N–H and O–H groups in total. The van der Waals surface area contributed by atoms with E-state index in [-0.39, 0.29) is 18.5 Å². The van der Waals surface area contributed by atoms with Crippen molar-refractivity contribution in [2.75, 3.05) is 13.2 Å². The highest BCUT2D eigenvalue weighted by atomic mass is 16.5. The topological polar surface area (TPSA) is 95.9 Å². The lowest BCUT2D eigenvalue weighted by atomic mass is 10.0. The van der Waals surface area contributed by atoms with Crippen LogP contribution in [-0.2, 0) is 14.3 Å². The van der Waals surface area contributed by atoms with Gasteiger partial charge in [0, 0.05) is 12.8 Å². The van der Waals surface area contributed by atoms with Crippen molar-refractivity contribution >= 4 is 11.9 Å². The molecule has 0 aromatic heterocycles. The maximum absolute atomic E-state index is 12.4. The largest absolute Gasteiger partial charge is 0.466 e. The minimum Gasteiger partial charge on any atom is -0.466 e. The van der Waals surface area contributed by atoms with Crippen molar-refractivity contribution in [1.82, 2.24) is 5.32 Å². The van der Waals surface area contributed by atoms with Crippen LogP contribution in [0.4, 0.5) is 0 Å². The maximum atomic E-state index is 12.4. The van der Waals surface area contributed by atoms with Crippen molar-refractivity contribution in [2.24, 2.45) is 0 Å². The molecule has 0 fully saturated rings. The first-order chi connectivity index (χ1) is 37.0. The van der Waals surface area contributed by atoms with E-state index in [4.69, 9.17) is 4.74 Å². The van der Waals surface area contributed by atoms with Gasteiger partial charge in [0.05, 0.1) is 25.4 Å². The first kappa shape index (κ1) is 73.1. The average molecular weight is 1050 g/mol. The molecule has 6 nitrogen and oxygen atoms in total. The molecule has 75 heavy (non-hydrogen) atoms. The van der Waals surface area contributed by atoms with Gasteiger partial charge in [-0.05, 0) is 77.0 Å². The van der Waals surface area contributed by atoms with Crippen LogP contribution in [0.2, 0.25) is 0 Å². The predicted octanol–water partition coefficient (Wildman–Crippen LogP) is 21.5. The van der Waals surface area contributed by atoms with Gasteiger partial charge in [-0.3, -0.25) is 9.59 Å². The van der Waals surface area contributed by atoms with Gasteiger partial charge in [-0.15, -0.1) is 0 Å². The summed E-state index contributed by atoms with van der Waals surface area (Å²) in [5.41, 5.74) is 0. The van der Waals surface area contributed by atoms with Gasteiger partial charge in [-0.2, -0.15) is 0 Å². The number of aliphatic hydroxyl groups excluding tert-OH is 2. The van der Waals surface area contributed by atoms with Gasteiger partial charge < -0.3 is 20.3 Å². The number of allylic oxidation sites excluding steroid dienone is 6. The standard InChI is InChI=1S/C69H131NO5/c1-3-5-7-9-11-13-14-15-40-43-47-51-55-59-63-69(74)75-64-60-56-52-48-44-41-38-36-34-32-30-28-26-24-22-20-18-16-17-19-21-23-25-27-29-31-33-35-37-39-42-46-50-54-58-62-68(73)70-66(65-71)67(72)61-57-53-49-45-12-10-8-6-4-2/h9,11,14-15,18,20,66-67,71-72H,3-8,10,12-13,16-17,19,21-65H2,1-2H3,(H,70,73)/b11-9-,15-14-,20-18-. The molecule has 0 radical (unpaired) electrons. The van der Waals surface area contributed by atoms with Crippen LogP contribution in [0.25, 0.3) is 0 Å². The fourth-order valence-electron chi connectivity index (χ4n) is 10.5. The number of rotatable bonds is 63. The molecule has 0 aromatic rings. The summed E-state index contributed by atoms with van der Waals surface area (Å²) >= 11 is 0. The van der Waals surface area contributed by atoms with E-state index in [1.165, 1.54) is 283 Å². The first-order valence-electron chi connectivity index (χ1n) is 33.7. The Balaban J connectivity index is 3.31. The Kier molecular flexibility index (Phi) is 63.0. The molecule has 0 aliphatic rings. The molecule has 1 amide bonds. The molecular weight excluding hydrogens is 923 g/mol. The second-order valence-electron chi connectivity index (χ2n) is 23.1. The average Bonchev–Trinajstić information content (AvgIpc) is 3.41. The van der Waals surface area contributed by atoms with E-state index < -0.39 is 12.1 Å². The quantitative estimate of drug-likeness (QED) is 0.0320. The van der Waals surface area contributed by atoms with Gasteiger partial charge in [0.25, 0.3) is 0 Å². The van der Waals surface area contributed by atoms with Crippen LogP contribution in [-0.4, -0.2) is 47.4 Å². The van der Waals surface area contributed by atoms with Crippen LogP contribution in [0.1, 0.15) is 367 Å². The van der Waals surface area contributed by atoms with Crippen molar-refractivity contribution in [2.45, 2.75) is 379 Å². The predicted molar refractivity (Wildman–Crippen MR) is 329 cm³/mol. The Morgan fingerprint density at radius 2 is 0.680 bits per heavy atom. The zero-order valence-electron chi connectivity index (χ0n) is 50.5. The number of hydrogen-bond donors (Lipinski definition) is 3. The molecule has 442 valence electrons. The van der Waals surface area contributed by atoms with Gasteiger partial charge >= 0.3 is 5.97 Å². The smallest absolute Gasteiger partial charge is 0.305 e. The Bertz CT molecular complexity index is 1210. The summed E-state index contributed by atoms with van der Waals surface area (Å²) in [6.07, 6.45) is 82.1. The van der Waals surface area contributed by atoms with E-state index in [0.29, 0.717) is 25.9 Å². The van der Waals surface area contributed by atoms with E-state index >= 15 is 0 Å². The fraction of sp³-hybridized carbons (Fsp3) is 0.884. The van der Waals surface area contributed by atoms with Crippen LogP contribution >= 0.6 is 0 Å². The van der Waals surface area contributed by atoms with Gasteiger partial charge in [-0.1, -0.05) is 314 Å². The normalized spacial score (nSPS) is 12.7. The molecule has 0 saturated carbocycles. The number of aliphatic hydroxyl groups is 2. The van der Waals surface area contributed by atoms with Crippen molar-refractivity contribution in [1.29, 1.82) is 0 Å². The van der Waals surface area contributed by atoms with Crippen LogP contribution in [0.3, 0.4) is 0 Å². The lowest BCUT2D eigenvalue weighted by molar-refractivity contribution is -0.143. The van der Waals surface area contributed by atoms with Crippen molar-refractivity contribution in [3.8, 4) is 0 Å². The monoisotopic (exact) mass is 1050 g/mol. The second kappa shape index (κ2) is 64.6. The zero-order chi connectivity index (χ0) is 54.3.